The van der Waals surface area contributed by atoms with Gasteiger partial charge in [-0.3, -0.25) is 0 Å². The van der Waals surface area contributed by atoms with Gasteiger partial charge >= 0.3 is 0 Å². The second-order valence-corrected chi connectivity index (χ2v) is 4.47. The Morgan fingerprint density at radius 2 is 1.62 bits per heavy atom. The molecule has 1 N–H and O–H groups in total. The van der Waals surface area contributed by atoms with Gasteiger partial charge in [0.2, 0.25) is 0 Å². The van der Waals surface area contributed by atoms with Gasteiger partial charge in [0, 0.05) is 0 Å². The fourth-order valence-electron chi connectivity index (χ4n) is 1.90. The van der Waals surface area contributed by atoms with E-state index in [4.69, 9.17) is 9.47 Å². The molecule has 0 saturated carbocycles. The van der Waals surface area contributed by atoms with Crippen LogP contribution >= 0.6 is 0 Å². The summed E-state index contributed by atoms with van der Waals surface area (Å²) in [5, 5.41) is 10.1. The van der Waals surface area contributed by atoms with E-state index >= 15 is 0 Å². The van der Waals surface area contributed by atoms with Gasteiger partial charge < -0.3 is 14.6 Å². The SMILES string of the molecule is COc1cc(C(C)(C)O)c(C)c(C)c1OC. The molecule has 0 heterocycles. The zero-order valence-corrected chi connectivity index (χ0v) is 10.8. The van der Waals surface area contributed by atoms with Crippen molar-refractivity contribution in [1.29, 1.82) is 0 Å². The van der Waals surface area contributed by atoms with E-state index in [0.717, 1.165) is 22.4 Å². The van der Waals surface area contributed by atoms with Gasteiger partial charge in [0.05, 0.1) is 19.8 Å². The molecule has 90 valence electrons. The van der Waals surface area contributed by atoms with Crippen LogP contribution in [-0.4, -0.2) is 19.3 Å². The van der Waals surface area contributed by atoms with Crippen molar-refractivity contribution in [1.82, 2.24) is 0 Å². The van der Waals surface area contributed by atoms with Crippen LogP contribution in [-0.2, 0) is 5.60 Å². The summed E-state index contributed by atoms with van der Waals surface area (Å²) in [5.41, 5.74) is 2.01. The van der Waals surface area contributed by atoms with Crippen molar-refractivity contribution in [2.24, 2.45) is 0 Å². The summed E-state index contributed by atoms with van der Waals surface area (Å²) < 4.78 is 10.6. The van der Waals surface area contributed by atoms with Crippen LogP contribution in [0.4, 0.5) is 0 Å². The van der Waals surface area contributed by atoms with Gasteiger partial charge in [-0.05, 0) is 50.5 Å². The quantitative estimate of drug-likeness (QED) is 0.857. The Balaban J connectivity index is 3.51. The average molecular weight is 224 g/mol. The van der Waals surface area contributed by atoms with E-state index in [-0.39, 0.29) is 0 Å². The Kier molecular flexibility index (Phi) is 3.48. The van der Waals surface area contributed by atoms with E-state index < -0.39 is 5.60 Å². The van der Waals surface area contributed by atoms with E-state index in [1.165, 1.54) is 0 Å². The molecule has 0 atom stereocenters. The number of hydrogen-bond acceptors (Lipinski definition) is 3. The first-order chi connectivity index (χ1) is 7.32. The number of rotatable bonds is 3. The van der Waals surface area contributed by atoms with Crippen molar-refractivity contribution < 1.29 is 14.6 Å². The largest absolute Gasteiger partial charge is 0.493 e. The lowest BCUT2D eigenvalue weighted by molar-refractivity contribution is 0.0775. The minimum Gasteiger partial charge on any atom is -0.493 e. The summed E-state index contributed by atoms with van der Waals surface area (Å²) in [6.07, 6.45) is 0. The van der Waals surface area contributed by atoms with Gasteiger partial charge in [-0.15, -0.1) is 0 Å². The van der Waals surface area contributed by atoms with E-state index in [0.29, 0.717) is 5.75 Å². The van der Waals surface area contributed by atoms with Gasteiger partial charge in [0.15, 0.2) is 11.5 Å². The van der Waals surface area contributed by atoms with Crippen molar-refractivity contribution >= 4 is 0 Å². The van der Waals surface area contributed by atoms with Crippen molar-refractivity contribution in [2.45, 2.75) is 33.3 Å². The Morgan fingerprint density at radius 3 is 2.00 bits per heavy atom. The molecule has 0 unspecified atom stereocenters. The zero-order chi connectivity index (χ0) is 12.5. The maximum atomic E-state index is 10.1. The van der Waals surface area contributed by atoms with Crippen LogP contribution in [0.5, 0.6) is 11.5 Å². The molecule has 0 radical (unpaired) electrons. The summed E-state index contributed by atoms with van der Waals surface area (Å²) >= 11 is 0. The lowest BCUT2D eigenvalue weighted by Gasteiger charge is -2.24. The number of hydrogen-bond donors (Lipinski definition) is 1. The smallest absolute Gasteiger partial charge is 0.163 e. The number of aliphatic hydroxyl groups is 1. The van der Waals surface area contributed by atoms with E-state index in [2.05, 4.69) is 0 Å². The molecule has 0 saturated heterocycles. The molecule has 0 spiro atoms. The fourth-order valence-corrected chi connectivity index (χ4v) is 1.90. The van der Waals surface area contributed by atoms with Crippen LogP contribution < -0.4 is 9.47 Å². The molecular weight excluding hydrogens is 204 g/mol. The van der Waals surface area contributed by atoms with Crippen LogP contribution in [0.3, 0.4) is 0 Å². The number of ether oxygens (including phenoxy) is 2. The topological polar surface area (TPSA) is 38.7 Å². The Bertz CT molecular complexity index is 389. The third-order valence-electron chi connectivity index (χ3n) is 2.89. The summed E-state index contributed by atoms with van der Waals surface area (Å²) in [6, 6.07) is 1.83. The van der Waals surface area contributed by atoms with Crippen molar-refractivity contribution in [3.63, 3.8) is 0 Å². The molecule has 0 aliphatic carbocycles. The lowest BCUT2D eigenvalue weighted by Crippen LogP contribution is -2.18. The maximum Gasteiger partial charge on any atom is 0.163 e. The predicted molar refractivity (Wildman–Crippen MR) is 64.3 cm³/mol. The lowest BCUT2D eigenvalue weighted by atomic mass is 9.90. The molecule has 1 aromatic rings. The van der Waals surface area contributed by atoms with Gasteiger partial charge in [-0.1, -0.05) is 0 Å². The second-order valence-electron chi connectivity index (χ2n) is 4.47. The third-order valence-corrected chi connectivity index (χ3v) is 2.89. The zero-order valence-electron chi connectivity index (χ0n) is 10.8. The van der Waals surface area contributed by atoms with Crippen LogP contribution in [0.15, 0.2) is 6.07 Å². The monoisotopic (exact) mass is 224 g/mol. The van der Waals surface area contributed by atoms with Gasteiger partial charge in [-0.25, -0.2) is 0 Å². The molecule has 3 nitrogen and oxygen atoms in total. The van der Waals surface area contributed by atoms with E-state index in [9.17, 15) is 5.11 Å². The maximum absolute atomic E-state index is 10.1. The fraction of sp³-hybridized carbons (Fsp3) is 0.538. The van der Waals surface area contributed by atoms with Crippen molar-refractivity contribution in [3.8, 4) is 11.5 Å². The highest BCUT2D eigenvalue weighted by molar-refractivity contribution is 5.54. The second kappa shape index (κ2) is 4.34. The molecule has 0 fully saturated rings. The average Bonchev–Trinajstić information content (AvgIpc) is 2.19. The summed E-state index contributed by atoms with van der Waals surface area (Å²) in [6.45, 7) is 7.47. The third kappa shape index (κ3) is 2.14. The molecule has 0 amide bonds. The van der Waals surface area contributed by atoms with E-state index in [1.807, 2.05) is 19.9 Å². The Morgan fingerprint density at radius 1 is 1.06 bits per heavy atom. The molecule has 3 heteroatoms. The van der Waals surface area contributed by atoms with E-state index in [1.54, 1.807) is 28.1 Å². The summed E-state index contributed by atoms with van der Waals surface area (Å²) in [4.78, 5) is 0. The normalized spacial score (nSPS) is 11.4. The predicted octanol–water partition coefficient (Wildman–Crippen LogP) is 2.55. The first-order valence-electron chi connectivity index (χ1n) is 5.28. The number of methoxy groups -OCH3 is 2. The van der Waals surface area contributed by atoms with Crippen LogP contribution in [0, 0.1) is 13.8 Å². The molecule has 0 aliphatic heterocycles. The highest BCUT2D eigenvalue weighted by Crippen LogP contribution is 2.38. The first-order valence-corrected chi connectivity index (χ1v) is 5.28. The van der Waals surface area contributed by atoms with Crippen LogP contribution in [0.2, 0.25) is 0 Å². The molecule has 1 aromatic carbocycles. The summed E-state index contributed by atoms with van der Waals surface area (Å²) in [7, 11) is 3.22. The highest BCUT2D eigenvalue weighted by atomic mass is 16.5. The summed E-state index contributed by atoms with van der Waals surface area (Å²) in [5.74, 6) is 1.38. The van der Waals surface area contributed by atoms with Crippen molar-refractivity contribution in [3.05, 3.63) is 22.8 Å². The Hall–Kier alpha value is -1.22. The molecular formula is C13H20O3. The first kappa shape index (κ1) is 12.8. The molecule has 1 rings (SSSR count). The van der Waals surface area contributed by atoms with Gasteiger partial charge in [-0.2, -0.15) is 0 Å². The molecule has 0 aliphatic rings. The van der Waals surface area contributed by atoms with Crippen molar-refractivity contribution in [2.75, 3.05) is 14.2 Å². The molecule has 0 bridgehead atoms. The number of benzene rings is 1. The Labute approximate surface area is 97.0 Å². The van der Waals surface area contributed by atoms with Crippen LogP contribution in [0.25, 0.3) is 0 Å². The van der Waals surface area contributed by atoms with Gasteiger partial charge in [0.1, 0.15) is 0 Å². The minimum atomic E-state index is -0.881. The van der Waals surface area contributed by atoms with Crippen LogP contribution in [0.1, 0.15) is 30.5 Å². The highest BCUT2D eigenvalue weighted by Gasteiger charge is 2.23. The minimum absolute atomic E-state index is 0.655. The molecule has 0 aromatic heterocycles. The standard InChI is InChI=1S/C13H20O3/c1-8-9(2)12(16-6)11(15-5)7-10(8)13(3,4)14/h7,14H,1-6H3. The molecule has 16 heavy (non-hydrogen) atoms. The van der Waals surface area contributed by atoms with Gasteiger partial charge in [0.25, 0.3) is 0 Å².